The number of aromatic nitrogens is 1. The van der Waals surface area contributed by atoms with E-state index >= 15 is 0 Å². The third-order valence-electron chi connectivity index (χ3n) is 3.70. The zero-order chi connectivity index (χ0) is 19.4. The van der Waals surface area contributed by atoms with E-state index < -0.39 is 23.4 Å². The molecule has 0 atom stereocenters. The summed E-state index contributed by atoms with van der Waals surface area (Å²) in [6.07, 6.45) is 3.59. The lowest BCUT2D eigenvalue weighted by atomic mass is 10.3. The molecular weight excluding hydrogens is 376 g/mol. The summed E-state index contributed by atoms with van der Waals surface area (Å²) in [7, 11) is 0. The SMILES string of the molecule is O=C(COC(=O)c1ccc(NC2CC2)nc1)Nc1ccc([N+](=O)[O-])cc1Cl. The van der Waals surface area contributed by atoms with Crippen LogP contribution in [0, 0.1) is 10.1 Å². The predicted molar refractivity (Wildman–Crippen MR) is 97.9 cm³/mol. The molecule has 1 aliphatic carbocycles. The number of amides is 1. The number of carbonyl (C=O) groups excluding carboxylic acids is 2. The summed E-state index contributed by atoms with van der Waals surface area (Å²) >= 11 is 5.89. The lowest BCUT2D eigenvalue weighted by molar-refractivity contribution is -0.384. The van der Waals surface area contributed by atoms with Gasteiger partial charge in [0.25, 0.3) is 11.6 Å². The molecule has 0 aliphatic heterocycles. The van der Waals surface area contributed by atoms with Crippen molar-refractivity contribution in [3.8, 4) is 0 Å². The van der Waals surface area contributed by atoms with Crippen molar-refractivity contribution in [2.75, 3.05) is 17.2 Å². The van der Waals surface area contributed by atoms with Gasteiger partial charge in [-0.05, 0) is 31.0 Å². The number of halogens is 1. The van der Waals surface area contributed by atoms with E-state index in [0.29, 0.717) is 11.9 Å². The molecule has 1 fully saturated rings. The lowest BCUT2D eigenvalue weighted by Crippen LogP contribution is -2.21. The Balaban J connectivity index is 1.50. The molecule has 2 aromatic rings. The van der Waals surface area contributed by atoms with Crippen LogP contribution < -0.4 is 10.6 Å². The number of pyridine rings is 1. The van der Waals surface area contributed by atoms with Gasteiger partial charge < -0.3 is 15.4 Å². The number of nitro benzene ring substituents is 1. The molecule has 10 heteroatoms. The lowest BCUT2D eigenvalue weighted by Gasteiger charge is -2.08. The van der Waals surface area contributed by atoms with Crippen molar-refractivity contribution in [2.24, 2.45) is 0 Å². The van der Waals surface area contributed by atoms with Crippen molar-refractivity contribution in [3.63, 3.8) is 0 Å². The number of ether oxygens (including phenoxy) is 1. The number of non-ortho nitro benzene ring substituents is 1. The molecule has 0 unspecified atom stereocenters. The molecule has 1 aromatic heterocycles. The predicted octanol–water partition coefficient (Wildman–Crippen LogP) is 3.01. The average Bonchev–Trinajstić information content (AvgIpc) is 3.46. The standard InChI is InChI=1S/C17H15ClN4O5/c18-13-7-12(22(25)26)4-5-14(13)21-16(23)9-27-17(24)10-1-6-15(19-8-10)20-11-2-3-11/h1,4-8,11H,2-3,9H2,(H,19,20)(H,21,23). The summed E-state index contributed by atoms with van der Waals surface area (Å²) < 4.78 is 4.93. The molecule has 9 nitrogen and oxygen atoms in total. The van der Waals surface area contributed by atoms with Gasteiger partial charge in [-0.25, -0.2) is 9.78 Å². The van der Waals surface area contributed by atoms with Crippen LogP contribution in [0.4, 0.5) is 17.2 Å². The maximum Gasteiger partial charge on any atom is 0.340 e. The van der Waals surface area contributed by atoms with Crippen LogP contribution in [0.15, 0.2) is 36.5 Å². The Hall–Kier alpha value is -3.20. The number of rotatable bonds is 7. The topological polar surface area (TPSA) is 123 Å². The van der Waals surface area contributed by atoms with Crippen LogP contribution in [0.1, 0.15) is 23.2 Å². The summed E-state index contributed by atoms with van der Waals surface area (Å²) in [5, 5.41) is 16.3. The minimum absolute atomic E-state index is 0.00632. The van der Waals surface area contributed by atoms with Gasteiger partial charge in [-0.1, -0.05) is 11.6 Å². The second kappa shape index (κ2) is 8.00. The van der Waals surface area contributed by atoms with Gasteiger partial charge in [-0.15, -0.1) is 0 Å². The first-order valence-corrected chi connectivity index (χ1v) is 8.43. The maximum absolute atomic E-state index is 12.0. The quantitative estimate of drug-likeness (QED) is 0.423. The van der Waals surface area contributed by atoms with Gasteiger partial charge in [0.15, 0.2) is 6.61 Å². The summed E-state index contributed by atoms with van der Waals surface area (Å²) in [6, 6.07) is 7.31. The van der Waals surface area contributed by atoms with Gasteiger partial charge in [-0.3, -0.25) is 14.9 Å². The summed E-state index contributed by atoms with van der Waals surface area (Å²) in [4.78, 5) is 38.1. The van der Waals surface area contributed by atoms with Crippen molar-refractivity contribution in [3.05, 3.63) is 57.2 Å². The van der Waals surface area contributed by atoms with E-state index in [1.54, 1.807) is 12.1 Å². The molecule has 1 heterocycles. The summed E-state index contributed by atoms with van der Waals surface area (Å²) in [6.45, 7) is -0.534. The third kappa shape index (κ3) is 5.14. The molecule has 1 saturated carbocycles. The van der Waals surface area contributed by atoms with Crippen LogP contribution in [0.2, 0.25) is 5.02 Å². The molecule has 2 N–H and O–H groups in total. The smallest absolute Gasteiger partial charge is 0.340 e. The van der Waals surface area contributed by atoms with Crippen LogP contribution in [0.3, 0.4) is 0 Å². The normalized spacial score (nSPS) is 12.9. The first-order chi connectivity index (χ1) is 12.9. The fourth-order valence-corrected chi connectivity index (χ4v) is 2.38. The number of carbonyl (C=O) groups is 2. The van der Waals surface area contributed by atoms with Crippen LogP contribution in [-0.4, -0.2) is 34.4 Å². The van der Waals surface area contributed by atoms with E-state index in [-0.39, 0.29) is 22.0 Å². The molecule has 140 valence electrons. The molecular formula is C17H15ClN4O5. The van der Waals surface area contributed by atoms with Gasteiger partial charge in [0.1, 0.15) is 5.82 Å². The number of hydrogen-bond donors (Lipinski definition) is 2. The van der Waals surface area contributed by atoms with Crippen LogP contribution in [0.25, 0.3) is 0 Å². The highest BCUT2D eigenvalue weighted by Gasteiger charge is 2.21. The molecule has 0 saturated heterocycles. The van der Waals surface area contributed by atoms with Crippen molar-refractivity contribution in [1.29, 1.82) is 0 Å². The number of nitrogens with zero attached hydrogens (tertiary/aromatic N) is 2. The Morgan fingerprint density at radius 1 is 1.30 bits per heavy atom. The molecule has 0 bridgehead atoms. The Morgan fingerprint density at radius 2 is 2.07 bits per heavy atom. The minimum Gasteiger partial charge on any atom is -0.452 e. The second-order valence-electron chi connectivity index (χ2n) is 5.90. The number of nitrogens with one attached hydrogen (secondary N) is 2. The molecule has 0 spiro atoms. The largest absolute Gasteiger partial charge is 0.452 e. The van der Waals surface area contributed by atoms with Crippen molar-refractivity contribution in [2.45, 2.75) is 18.9 Å². The molecule has 3 rings (SSSR count). The van der Waals surface area contributed by atoms with Crippen LogP contribution in [-0.2, 0) is 9.53 Å². The zero-order valence-corrected chi connectivity index (χ0v) is 14.7. The molecule has 0 radical (unpaired) electrons. The Kier molecular flexibility index (Phi) is 5.51. The van der Waals surface area contributed by atoms with Gasteiger partial charge in [0.2, 0.25) is 0 Å². The van der Waals surface area contributed by atoms with E-state index in [2.05, 4.69) is 15.6 Å². The second-order valence-corrected chi connectivity index (χ2v) is 6.30. The van der Waals surface area contributed by atoms with Gasteiger partial charge in [0.05, 0.1) is 21.2 Å². The number of anilines is 2. The highest BCUT2D eigenvalue weighted by atomic mass is 35.5. The van der Waals surface area contributed by atoms with Crippen molar-refractivity contribution < 1.29 is 19.2 Å². The number of benzene rings is 1. The Morgan fingerprint density at radius 3 is 2.67 bits per heavy atom. The first kappa shape index (κ1) is 18.6. The Bertz CT molecular complexity index is 883. The highest BCUT2D eigenvalue weighted by Crippen LogP contribution is 2.26. The van der Waals surface area contributed by atoms with Crippen LogP contribution >= 0.6 is 11.6 Å². The number of hydrogen-bond acceptors (Lipinski definition) is 7. The Labute approximate surface area is 158 Å². The van der Waals surface area contributed by atoms with E-state index in [4.69, 9.17) is 16.3 Å². The van der Waals surface area contributed by atoms with Crippen molar-refractivity contribution in [1.82, 2.24) is 4.98 Å². The van der Waals surface area contributed by atoms with Gasteiger partial charge in [-0.2, -0.15) is 0 Å². The molecule has 1 amide bonds. The zero-order valence-electron chi connectivity index (χ0n) is 14.0. The van der Waals surface area contributed by atoms with E-state index in [1.165, 1.54) is 18.3 Å². The van der Waals surface area contributed by atoms with Gasteiger partial charge in [0, 0.05) is 24.4 Å². The van der Waals surface area contributed by atoms with E-state index in [9.17, 15) is 19.7 Å². The first-order valence-electron chi connectivity index (χ1n) is 8.06. The third-order valence-corrected chi connectivity index (χ3v) is 4.01. The maximum atomic E-state index is 12.0. The number of esters is 1. The molecule has 1 aliphatic rings. The van der Waals surface area contributed by atoms with Gasteiger partial charge >= 0.3 is 5.97 Å². The molecule has 1 aromatic carbocycles. The van der Waals surface area contributed by atoms with E-state index in [1.807, 2.05) is 0 Å². The minimum atomic E-state index is -0.689. The van der Waals surface area contributed by atoms with E-state index in [0.717, 1.165) is 18.9 Å². The fraction of sp³-hybridized carbons (Fsp3) is 0.235. The average molecular weight is 391 g/mol. The summed E-state index contributed by atoms with van der Waals surface area (Å²) in [5.74, 6) is -0.635. The summed E-state index contributed by atoms with van der Waals surface area (Å²) in [5.41, 5.74) is 0.203. The molecule has 27 heavy (non-hydrogen) atoms. The number of nitro groups is 1. The van der Waals surface area contributed by atoms with Crippen molar-refractivity contribution >= 4 is 40.7 Å². The van der Waals surface area contributed by atoms with Crippen LogP contribution in [0.5, 0.6) is 0 Å². The fourth-order valence-electron chi connectivity index (χ4n) is 2.16. The highest BCUT2D eigenvalue weighted by molar-refractivity contribution is 6.34. The monoisotopic (exact) mass is 390 g/mol.